The van der Waals surface area contributed by atoms with E-state index in [1.165, 1.54) is 0 Å². The molecule has 0 N–H and O–H groups in total. The highest BCUT2D eigenvalue weighted by atomic mass is 16.5. The Bertz CT molecular complexity index is 1220. The Hall–Kier alpha value is -3.68. The predicted molar refractivity (Wildman–Crippen MR) is 110 cm³/mol. The minimum Gasteiger partial charge on any atom is -0.495 e. The molecule has 3 heterocycles. The first-order chi connectivity index (χ1) is 13.9. The fraction of sp³-hybridized carbons (Fsp3) is 0.238. The largest absolute Gasteiger partial charge is 0.495 e. The van der Waals surface area contributed by atoms with Gasteiger partial charge in [0.2, 0.25) is 0 Å². The first-order valence-electron chi connectivity index (χ1n) is 9.16. The van der Waals surface area contributed by atoms with Crippen molar-refractivity contribution in [2.75, 3.05) is 21.2 Å². The van der Waals surface area contributed by atoms with Crippen molar-refractivity contribution in [1.29, 1.82) is 0 Å². The molecule has 0 unspecified atom stereocenters. The topological polar surface area (TPSA) is 77.5 Å². The van der Waals surface area contributed by atoms with Crippen LogP contribution in [0.5, 0.6) is 5.75 Å². The minimum atomic E-state index is -0.0838. The zero-order chi connectivity index (χ0) is 20.7. The predicted octanol–water partition coefficient (Wildman–Crippen LogP) is 2.91. The number of aromatic nitrogens is 5. The molecule has 4 rings (SSSR count). The lowest BCUT2D eigenvalue weighted by Crippen LogP contribution is -2.21. The Morgan fingerprint density at radius 2 is 1.97 bits per heavy atom. The fourth-order valence-corrected chi connectivity index (χ4v) is 3.39. The lowest BCUT2D eigenvalue weighted by Gasteiger charge is -2.15. The number of carbonyl (C=O) groups is 1. The van der Waals surface area contributed by atoms with Crippen LogP contribution in [0.4, 0.5) is 0 Å². The highest BCUT2D eigenvalue weighted by Crippen LogP contribution is 2.31. The molecule has 3 aromatic heterocycles. The maximum atomic E-state index is 12.5. The molecule has 0 fully saturated rings. The number of methoxy groups -OCH3 is 1. The van der Waals surface area contributed by atoms with Gasteiger partial charge in [0.05, 0.1) is 24.6 Å². The molecule has 0 saturated heterocycles. The first kappa shape index (κ1) is 18.7. The zero-order valence-electron chi connectivity index (χ0n) is 17.0. The molecule has 8 nitrogen and oxygen atoms in total. The highest BCUT2D eigenvalue weighted by molar-refractivity contribution is 5.95. The molecule has 0 aliphatic heterocycles. The minimum absolute atomic E-state index is 0.0838. The van der Waals surface area contributed by atoms with Gasteiger partial charge in [-0.3, -0.25) is 9.36 Å². The monoisotopic (exact) mass is 390 g/mol. The van der Waals surface area contributed by atoms with Gasteiger partial charge in [0, 0.05) is 43.4 Å². The van der Waals surface area contributed by atoms with Crippen molar-refractivity contribution in [1.82, 2.24) is 29.0 Å². The Balaban J connectivity index is 1.92. The van der Waals surface area contributed by atoms with E-state index in [0.717, 1.165) is 28.3 Å². The van der Waals surface area contributed by atoms with E-state index in [0.29, 0.717) is 17.1 Å². The summed E-state index contributed by atoms with van der Waals surface area (Å²) in [4.78, 5) is 23.2. The number of benzene rings is 1. The van der Waals surface area contributed by atoms with Gasteiger partial charge < -0.3 is 9.64 Å². The number of nitrogens with zero attached hydrogens (tertiary/aromatic N) is 6. The maximum Gasteiger partial charge on any atom is 0.253 e. The second kappa shape index (κ2) is 7.05. The summed E-state index contributed by atoms with van der Waals surface area (Å²) in [5.74, 6) is 1.22. The van der Waals surface area contributed by atoms with E-state index in [4.69, 9.17) is 4.74 Å². The van der Waals surface area contributed by atoms with Crippen LogP contribution in [-0.4, -0.2) is 56.2 Å². The van der Waals surface area contributed by atoms with Crippen LogP contribution in [0.15, 0.2) is 42.9 Å². The third kappa shape index (κ3) is 3.12. The van der Waals surface area contributed by atoms with E-state index < -0.39 is 0 Å². The third-order valence-electron chi connectivity index (χ3n) is 4.75. The Morgan fingerprint density at radius 3 is 2.69 bits per heavy atom. The zero-order valence-corrected chi connectivity index (χ0v) is 17.0. The quantitative estimate of drug-likeness (QED) is 0.535. The summed E-state index contributed by atoms with van der Waals surface area (Å²) < 4.78 is 9.24. The van der Waals surface area contributed by atoms with Gasteiger partial charge in [0.15, 0.2) is 5.65 Å². The highest BCUT2D eigenvalue weighted by Gasteiger charge is 2.19. The molecule has 0 aliphatic carbocycles. The van der Waals surface area contributed by atoms with E-state index in [1.807, 2.05) is 36.7 Å². The molecule has 148 valence electrons. The summed E-state index contributed by atoms with van der Waals surface area (Å²) in [6.45, 7) is 3.94. The summed E-state index contributed by atoms with van der Waals surface area (Å²) in [6, 6.07) is 7.33. The van der Waals surface area contributed by atoms with Gasteiger partial charge in [-0.25, -0.2) is 14.5 Å². The van der Waals surface area contributed by atoms with Crippen LogP contribution in [0, 0.1) is 13.8 Å². The number of carbonyl (C=O) groups excluding carboxylic acids is 1. The van der Waals surface area contributed by atoms with E-state index in [9.17, 15) is 4.79 Å². The molecule has 0 saturated carbocycles. The number of fused-ring (bicyclic) bond motifs is 1. The lowest BCUT2D eigenvalue weighted by molar-refractivity contribution is 0.0827. The van der Waals surface area contributed by atoms with Crippen LogP contribution < -0.4 is 4.74 Å². The van der Waals surface area contributed by atoms with Crippen molar-refractivity contribution in [2.24, 2.45) is 0 Å². The molecule has 0 aliphatic rings. The van der Waals surface area contributed by atoms with E-state index in [-0.39, 0.29) is 5.91 Å². The van der Waals surface area contributed by atoms with Gasteiger partial charge >= 0.3 is 0 Å². The van der Waals surface area contributed by atoms with Gasteiger partial charge in [0.25, 0.3) is 5.91 Å². The van der Waals surface area contributed by atoms with Crippen LogP contribution >= 0.6 is 0 Å². The number of imidazole rings is 1. The number of amides is 1. The SMILES string of the molecule is COc1ccc(C(=O)N(C)C)cc1-n1ccnc1-c1cnn2c(C)cc(C)nc12. The molecule has 1 aromatic carbocycles. The van der Waals surface area contributed by atoms with Crippen LogP contribution in [0.25, 0.3) is 22.7 Å². The van der Waals surface area contributed by atoms with E-state index in [1.54, 1.807) is 55.1 Å². The Kier molecular flexibility index (Phi) is 4.54. The number of rotatable bonds is 4. The van der Waals surface area contributed by atoms with Crippen LogP contribution in [0.3, 0.4) is 0 Å². The summed E-state index contributed by atoms with van der Waals surface area (Å²) in [5.41, 5.74) is 4.72. The molecule has 4 aromatic rings. The number of hydrogen-bond acceptors (Lipinski definition) is 5. The summed E-state index contributed by atoms with van der Waals surface area (Å²) in [7, 11) is 5.06. The Morgan fingerprint density at radius 1 is 1.17 bits per heavy atom. The molecule has 0 radical (unpaired) electrons. The summed E-state index contributed by atoms with van der Waals surface area (Å²) in [6.07, 6.45) is 5.31. The molecule has 1 amide bonds. The average Bonchev–Trinajstić information content (AvgIpc) is 3.33. The third-order valence-corrected chi connectivity index (χ3v) is 4.75. The van der Waals surface area contributed by atoms with Gasteiger partial charge in [-0.1, -0.05) is 0 Å². The van der Waals surface area contributed by atoms with Crippen molar-refractivity contribution >= 4 is 11.6 Å². The van der Waals surface area contributed by atoms with Gasteiger partial charge in [0.1, 0.15) is 11.6 Å². The molecular formula is C21H22N6O2. The van der Waals surface area contributed by atoms with E-state index in [2.05, 4.69) is 15.1 Å². The molecular weight excluding hydrogens is 368 g/mol. The van der Waals surface area contributed by atoms with Crippen molar-refractivity contribution in [3.63, 3.8) is 0 Å². The van der Waals surface area contributed by atoms with Crippen molar-refractivity contribution in [3.05, 3.63) is 59.8 Å². The first-order valence-corrected chi connectivity index (χ1v) is 9.16. The normalized spacial score (nSPS) is 11.1. The second-order valence-corrected chi connectivity index (χ2v) is 7.04. The Labute approximate surface area is 168 Å². The van der Waals surface area contributed by atoms with E-state index >= 15 is 0 Å². The van der Waals surface area contributed by atoms with Gasteiger partial charge in [-0.2, -0.15) is 5.10 Å². The molecule has 0 spiro atoms. The number of hydrogen-bond donors (Lipinski definition) is 0. The van der Waals surface area contributed by atoms with Crippen LogP contribution in [0.1, 0.15) is 21.7 Å². The van der Waals surface area contributed by atoms with Crippen LogP contribution in [-0.2, 0) is 0 Å². The van der Waals surface area contributed by atoms with Crippen molar-refractivity contribution in [2.45, 2.75) is 13.8 Å². The second-order valence-electron chi connectivity index (χ2n) is 7.04. The molecule has 29 heavy (non-hydrogen) atoms. The van der Waals surface area contributed by atoms with Gasteiger partial charge in [-0.05, 0) is 38.1 Å². The fourth-order valence-electron chi connectivity index (χ4n) is 3.39. The molecule has 0 bridgehead atoms. The molecule has 8 heteroatoms. The standard InChI is InChI=1S/C21H22N6O2/c1-13-10-14(2)27-20(24-13)16(12-23-27)19-22-8-9-26(19)17-11-15(21(28)25(3)4)6-7-18(17)29-5/h6-12H,1-5H3. The number of ether oxygens (including phenoxy) is 1. The smallest absolute Gasteiger partial charge is 0.253 e. The molecule has 0 atom stereocenters. The number of aryl methyl sites for hydroxylation is 2. The van der Waals surface area contributed by atoms with Crippen molar-refractivity contribution in [3.8, 4) is 22.8 Å². The summed E-state index contributed by atoms with van der Waals surface area (Å²) in [5, 5.41) is 4.47. The lowest BCUT2D eigenvalue weighted by atomic mass is 10.1. The maximum absolute atomic E-state index is 12.5. The van der Waals surface area contributed by atoms with Gasteiger partial charge in [-0.15, -0.1) is 0 Å². The van der Waals surface area contributed by atoms with Crippen LogP contribution in [0.2, 0.25) is 0 Å². The summed E-state index contributed by atoms with van der Waals surface area (Å²) >= 11 is 0. The average molecular weight is 390 g/mol. The van der Waals surface area contributed by atoms with Crippen molar-refractivity contribution < 1.29 is 9.53 Å².